The summed E-state index contributed by atoms with van der Waals surface area (Å²) in [6, 6.07) is 12.6. The SMILES string of the molecule is O=C(CCC1CCCC1)N(Cc1cccn1Cc1ccccc1Cl)C1CC1. The molecule has 4 heteroatoms. The summed E-state index contributed by atoms with van der Waals surface area (Å²) in [6.07, 6.45) is 11.5. The van der Waals surface area contributed by atoms with Crippen molar-refractivity contribution in [1.82, 2.24) is 9.47 Å². The molecule has 1 aromatic heterocycles. The van der Waals surface area contributed by atoms with Gasteiger partial charge >= 0.3 is 0 Å². The van der Waals surface area contributed by atoms with Gasteiger partial charge in [-0.25, -0.2) is 0 Å². The van der Waals surface area contributed by atoms with Gasteiger partial charge in [0, 0.05) is 35.9 Å². The minimum Gasteiger partial charge on any atom is -0.345 e. The molecule has 1 amide bonds. The van der Waals surface area contributed by atoms with Crippen molar-refractivity contribution in [2.24, 2.45) is 5.92 Å². The molecule has 0 saturated heterocycles. The first kappa shape index (κ1) is 18.6. The van der Waals surface area contributed by atoms with Crippen molar-refractivity contribution in [2.45, 2.75) is 70.5 Å². The highest BCUT2D eigenvalue weighted by atomic mass is 35.5. The second kappa shape index (κ2) is 8.52. The van der Waals surface area contributed by atoms with E-state index in [1.54, 1.807) is 0 Å². The second-order valence-corrected chi connectivity index (χ2v) is 8.57. The first-order chi connectivity index (χ1) is 13.2. The molecule has 0 bridgehead atoms. The van der Waals surface area contributed by atoms with Crippen LogP contribution < -0.4 is 0 Å². The molecule has 2 aliphatic rings. The van der Waals surface area contributed by atoms with Crippen molar-refractivity contribution in [1.29, 1.82) is 0 Å². The lowest BCUT2D eigenvalue weighted by atomic mass is 10.0. The van der Waals surface area contributed by atoms with E-state index in [1.165, 1.54) is 31.4 Å². The zero-order valence-electron chi connectivity index (χ0n) is 15.9. The van der Waals surface area contributed by atoms with Gasteiger partial charge in [-0.3, -0.25) is 4.79 Å². The Morgan fingerprint density at radius 3 is 2.59 bits per heavy atom. The predicted molar refractivity (Wildman–Crippen MR) is 110 cm³/mol. The smallest absolute Gasteiger partial charge is 0.223 e. The fourth-order valence-electron chi connectivity index (χ4n) is 4.31. The first-order valence-corrected chi connectivity index (χ1v) is 10.8. The van der Waals surface area contributed by atoms with E-state index >= 15 is 0 Å². The molecule has 2 aliphatic carbocycles. The normalized spacial score (nSPS) is 17.4. The van der Waals surface area contributed by atoms with Crippen LogP contribution in [0.25, 0.3) is 0 Å². The van der Waals surface area contributed by atoms with Gasteiger partial charge in [0.1, 0.15) is 0 Å². The molecular weight excluding hydrogens is 356 g/mol. The molecular formula is C23H29ClN2O. The molecule has 0 radical (unpaired) electrons. The van der Waals surface area contributed by atoms with Crippen LogP contribution in [0.2, 0.25) is 5.02 Å². The Bertz CT molecular complexity index is 774. The highest BCUT2D eigenvalue weighted by molar-refractivity contribution is 6.31. The van der Waals surface area contributed by atoms with Crippen LogP contribution in [-0.4, -0.2) is 21.4 Å². The van der Waals surface area contributed by atoms with E-state index in [1.807, 2.05) is 18.2 Å². The Hall–Kier alpha value is -1.74. The second-order valence-electron chi connectivity index (χ2n) is 8.16. The lowest BCUT2D eigenvalue weighted by Gasteiger charge is -2.24. The van der Waals surface area contributed by atoms with E-state index in [-0.39, 0.29) is 0 Å². The van der Waals surface area contributed by atoms with Crippen LogP contribution in [0.3, 0.4) is 0 Å². The highest BCUT2D eigenvalue weighted by Gasteiger charge is 2.33. The monoisotopic (exact) mass is 384 g/mol. The minimum atomic E-state index is 0.342. The Morgan fingerprint density at radius 1 is 1.07 bits per heavy atom. The van der Waals surface area contributed by atoms with Crippen molar-refractivity contribution in [3.05, 3.63) is 58.9 Å². The standard InChI is InChI=1S/C23H29ClN2O/c24-22-10-4-3-8-19(22)16-25-15-5-9-21(25)17-26(20-12-13-20)23(27)14-11-18-6-1-2-7-18/h3-5,8-10,15,18,20H,1-2,6-7,11-14,16-17H2. The molecule has 2 fully saturated rings. The average molecular weight is 385 g/mol. The molecule has 144 valence electrons. The first-order valence-electron chi connectivity index (χ1n) is 10.4. The van der Waals surface area contributed by atoms with Crippen LogP contribution in [0, 0.1) is 5.92 Å². The van der Waals surface area contributed by atoms with E-state index in [4.69, 9.17) is 11.6 Å². The lowest BCUT2D eigenvalue weighted by molar-refractivity contribution is -0.132. The number of rotatable bonds is 8. The molecule has 4 rings (SSSR count). The van der Waals surface area contributed by atoms with E-state index in [2.05, 4.69) is 33.9 Å². The van der Waals surface area contributed by atoms with Gasteiger partial charge in [-0.2, -0.15) is 0 Å². The zero-order valence-corrected chi connectivity index (χ0v) is 16.7. The average Bonchev–Trinajstić information content (AvgIpc) is 3.19. The van der Waals surface area contributed by atoms with E-state index < -0.39 is 0 Å². The number of hydrogen-bond acceptors (Lipinski definition) is 1. The number of carbonyl (C=O) groups excluding carboxylic acids is 1. The molecule has 3 nitrogen and oxygen atoms in total. The van der Waals surface area contributed by atoms with E-state index in [0.29, 0.717) is 24.9 Å². The number of carbonyl (C=O) groups is 1. The topological polar surface area (TPSA) is 25.2 Å². The summed E-state index contributed by atoms with van der Waals surface area (Å²) in [4.78, 5) is 15.1. The molecule has 0 N–H and O–H groups in total. The molecule has 1 aromatic carbocycles. The molecule has 2 aromatic rings. The number of halogens is 1. The number of benzene rings is 1. The third kappa shape index (κ3) is 4.76. The number of aromatic nitrogens is 1. The number of nitrogens with zero attached hydrogens (tertiary/aromatic N) is 2. The van der Waals surface area contributed by atoms with Gasteiger partial charge in [-0.05, 0) is 48.9 Å². The maximum absolute atomic E-state index is 12.9. The van der Waals surface area contributed by atoms with Crippen molar-refractivity contribution >= 4 is 17.5 Å². The molecule has 0 unspecified atom stereocenters. The van der Waals surface area contributed by atoms with E-state index in [0.717, 1.165) is 42.3 Å². The zero-order chi connectivity index (χ0) is 18.6. The van der Waals surface area contributed by atoms with Gasteiger partial charge in [0.05, 0.1) is 6.54 Å². The van der Waals surface area contributed by atoms with Crippen molar-refractivity contribution < 1.29 is 4.79 Å². The summed E-state index contributed by atoms with van der Waals surface area (Å²) < 4.78 is 2.22. The maximum Gasteiger partial charge on any atom is 0.223 e. The summed E-state index contributed by atoms with van der Waals surface area (Å²) in [6.45, 7) is 1.46. The third-order valence-electron chi connectivity index (χ3n) is 6.10. The van der Waals surface area contributed by atoms with Crippen LogP contribution >= 0.6 is 11.6 Å². The van der Waals surface area contributed by atoms with Crippen molar-refractivity contribution in [2.75, 3.05) is 0 Å². The van der Waals surface area contributed by atoms with Gasteiger partial charge in [0.25, 0.3) is 0 Å². The van der Waals surface area contributed by atoms with E-state index in [9.17, 15) is 4.79 Å². The highest BCUT2D eigenvalue weighted by Crippen LogP contribution is 2.32. The maximum atomic E-state index is 12.9. The lowest BCUT2D eigenvalue weighted by Crippen LogP contribution is -2.33. The molecule has 2 saturated carbocycles. The Balaban J connectivity index is 1.41. The van der Waals surface area contributed by atoms with Gasteiger partial charge in [0.15, 0.2) is 0 Å². The summed E-state index contributed by atoms with van der Waals surface area (Å²) >= 11 is 6.34. The van der Waals surface area contributed by atoms with Crippen LogP contribution in [0.4, 0.5) is 0 Å². The molecule has 0 spiro atoms. The summed E-state index contributed by atoms with van der Waals surface area (Å²) in [7, 11) is 0. The molecule has 27 heavy (non-hydrogen) atoms. The van der Waals surface area contributed by atoms with Crippen LogP contribution in [-0.2, 0) is 17.9 Å². The van der Waals surface area contributed by atoms with Gasteiger partial charge in [-0.15, -0.1) is 0 Å². The predicted octanol–water partition coefficient (Wildman–Crippen LogP) is 5.65. The minimum absolute atomic E-state index is 0.342. The summed E-state index contributed by atoms with van der Waals surface area (Å²) in [5.74, 6) is 1.12. The van der Waals surface area contributed by atoms with Crippen molar-refractivity contribution in [3.8, 4) is 0 Å². The summed E-state index contributed by atoms with van der Waals surface area (Å²) in [5, 5.41) is 0.795. The fraction of sp³-hybridized carbons (Fsp3) is 0.522. The number of amides is 1. The molecule has 1 heterocycles. The van der Waals surface area contributed by atoms with Gasteiger partial charge in [-0.1, -0.05) is 55.5 Å². The van der Waals surface area contributed by atoms with Crippen LogP contribution in [0.1, 0.15) is 62.6 Å². The third-order valence-corrected chi connectivity index (χ3v) is 6.47. The van der Waals surface area contributed by atoms with Crippen molar-refractivity contribution in [3.63, 3.8) is 0 Å². The van der Waals surface area contributed by atoms with Gasteiger partial charge < -0.3 is 9.47 Å². The molecule has 0 aliphatic heterocycles. The van der Waals surface area contributed by atoms with Crippen LogP contribution in [0.15, 0.2) is 42.6 Å². The Kier molecular flexibility index (Phi) is 5.87. The Labute approximate surface area is 167 Å². The summed E-state index contributed by atoms with van der Waals surface area (Å²) in [5.41, 5.74) is 2.30. The van der Waals surface area contributed by atoms with Crippen LogP contribution in [0.5, 0.6) is 0 Å². The van der Waals surface area contributed by atoms with Gasteiger partial charge in [0.2, 0.25) is 5.91 Å². The fourth-order valence-corrected chi connectivity index (χ4v) is 4.50. The number of hydrogen-bond donors (Lipinski definition) is 0. The Morgan fingerprint density at radius 2 is 1.85 bits per heavy atom. The molecule has 0 atom stereocenters. The largest absolute Gasteiger partial charge is 0.345 e. The quantitative estimate of drug-likeness (QED) is 0.577.